The number of allylic oxidation sites excluding steroid dienone is 3. The van der Waals surface area contributed by atoms with Crippen molar-refractivity contribution in [2.45, 2.75) is 51.2 Å². The summed E-state index contributed by atoms with van der Waals surface area (Å²) < 4.78 is 5.23. The van der Waals surface area contributed by atoms with Crippen molar-refractivity contribution in [3.63, 3.8) is 0 Å². The zero-order chi connectivity index (χ0) is 13.3. The molecule has 0 amide bonds. The van der Waals surface area contributed by atoms with Gasteiger partial charge in [0.15, 0.2) is 6.10 Å². The monoisotopic (exact) mass is 248 g/mol. The molecule has 0 saturated carbocycles. The van der Waals surface area contributed by atoms with Crippen LogP contribution in [0.25, 0.3) is 0 Å². The first-order chi connectivity index (χ1) is 8.43. The Bertz CT molecular complexity index is 445. The first-order valence-corrected chi connectivity index (χ1v) is 6.39. The Kier molecular flexibility index (Phi) is 3.44. The third kappa shape index (κ3) is 2.27. The van der Waals surface area contributed by atoms with E-state index in [2.05, 4.69) is 19.6 Å². The molecule has 3 heteroatoms. The minimum atomic E-state index is -1.25. The van der Waals surface area contributed by atoms with E-state index in [1.807, 2.05) is 13.0 Å². The van der Waals surface area contributed by atoms with E-state index in [1.54, 1.807) is 0 Å². The molecule has 0 aromatic carbocycles. The van der Waals surface area contributed by atoms with Crippen molar-refractivity contribution >= 4 is 5.97 Å². The fourth-order valence-electron chi connectivity index (χ4n) is 2.48. The molecule has 0 bridgehead atoms. The first-order valence-electron chi connectivity index (χ1n) is 6.39. The molecule has 1 heterocycles. The summed E-state index contributed by atoms with van der Waals surface area (Å²) in [6.45, 7) is 7.75. The van der Waals surface area contributed by atoms with E-state index in [0.717, 1.165) is 24.8 Å². The van der Waals surface area contributed by atoms with Gasteiger partial charge in [0.05, 0.1) is 5.57 Å². The second-order valence-corrected chi connectivity index (χ2v) is 5.33. The predicted octanol–water partition coefficient (Wildman–Crippen LogP) is 2.67. The van der Waals surface area contributed by atoms with Crippen LogP contribution in [0.15, 0.2) is 35.5 Å². The molecule has 2 atom stereocenters. The van der Waals surface area contributed by atoms with Crippen LogP contribution in [0.1, 0.15) is 39.5 Å². The summed E-state index contributed by atoms with van der Waals surface area (Å²) in [5.74, 6) is -0.479. The molecule has 2 rings (SSSR count). The van der Waals surface area contributed by atoms with Crippen LogP contribution in [0.3, 0.4) is 0 Å². The Balaban J connectivity index is 2.36. The summed E-state index contributed by atoms with van der Waals surface area (Å²) in [6.07, 6.45) is 6.64. The number of rotatable bonds is 0. The third-order valence-corrected chi connectivity index (χ3v) is 3.84. The van der Waals surface area contributed by atoms with Crippen LogP contribution in [-0.2, 0) is 9.53 Å². The molecule has 1 aliphatic heterocycles. The lowest BCUT2D eigenvalue weighted by molar-refractivity contribution is -0.138. The first kappa shape index (κ1) is 13.1. The number of carbonyl (C=O) groups is 1. The number of fused-ring (bicyclic) bond motifs is 1. The summed E-state index contributed by atoms with van der Waals surface area (Å²) in [4.78, 5) is 11.6. The van der Waals surface area contributed by atoms with Crippen molar-refractivity contribution in [3.8, 4) is 0 Å². The molecule has 0 aromatic rings. The third-order valence-electron chi connectivity index (χ3n) is 3.84. The van der Waals surface area contributed by atoms with E-state index in [9.17, 15) is 9.90 Å². The smallest absolute Gasteiger partial charge is 0.337 e. The minimum Gasteiger partial charge on any atom is -0.451 e. The summed E-state index contributed by atoms with van der Waals surface area (Å²) in [6, 6.07) is 0. The predicted molar refractivity (Wildman–Crippen MR) is 70.0 cm³/mol. The summed E-state index contributed by atoms with van der Waals surface area (Å²) in [5, 5.41) is 10.7. The van der Waals surface area contributed by atoms with E-state index in [1.165, 1.54) is 5.57 Å². The van der Waals surface area contributed by atoms with Crippen LogP contribution < -0.4 is 0 Å². The standard InChI is InChI=1S/C15H20O3/c1-10-5-4-6-11(2)9-13-15(17,8-7-10)12(3)14(16)18-13/h5,9,13,17H,3-4,6-8H2,1-2H3/t13-,15-/m1/s1. The van der Waals surface area contributed by atoms with E-state index in [0.29, 0.717) is 6.42 Å². The van der Waals surface area contributed by atoms with Crippen LogP contribution in [0, 0.1) is 0 Å². The molecule has 0 aromatic heterocycles. The van der Waals surface area contributed by atoms with Gasteiger partial charge in [-0.2, -0.15) is 0 Å². The maximum Gasteiger partial charge on any atom is 0.337 e. The zero-order valence-electron chi connectivity index (χ0n) is 11.0. The quantitative estimate of drug-likeness (QED) is 0.407. The van der Waals surface area contributed by atoms with Gasteiger partial charge in [-0.05, 0) is 45.6 Å². The van der Waals surface area contributed by atoms with Gasteiger partial charge in [0.25, 0.3) is 0 Å². The molecule has 1 saturated heterocycles. The van der Waals surface area contributed by atoms with Crippen molar-refractivity contribution in [2.24, 2.45) is 0 Å². The average molecular weight is 248 g/mol. The highest BCUT2D eigenvalue weighted by Gasteiger charge is 2.50. The molecule has 0 radical (unpaired) electrons. The number of ether oxygens (including phenoxy) is 1. The molecule has 0 unspecified atom stereocenters. The van der Waals surface area contributed by atoms with E-state index < -0.39 is 17.7 Å². The van der Waals surface area contributed by atoms with Gasteiger partial charge in [0, 0.05) is 0 Å². The molecule has 0 spiro atoms. The number of aliphatic hydroxyl groups is 1. The molecule has 1 aliphatic carbocycles. The Morgan fingerprint density at radius 2 is 2.11 bits per heavy atom. The van der Waals surface area contributed by atoms with Crippen molar-refractivity contribution in [2.75, 3.05) is 0 Å². The van der Waals surface area contributed by atoms with Gasteiger partial charge in [-0.25, -0.2) is 4.79 Å². The normalized spacial score (nSPS) is 33.4. The highest BCUT2D eigenvalue weighted by molar-refractivity contribution is 5.93. The lowest BCUT2D eigenvalue weighted by Crippen LogP contribution is -2.38. The molecule has 1 N–H and O–H groups in total. The number of esters is 1. The number of hydrogen-bond acceptors (Lipinski definition) is 3. The van der Waals surface area contributed by atoms with Gasteiger partial charge in [0.1, 0.15) is 5.60 Å². The van der Waals surface area contributed by atoms with Crippen LogP contribution in [0.5, 0.6) is 0 Å². The van der Waals surface area contributed by atoms with Crippen molar-refractivity contribution in [3.05, 3.63) is 35.5 Å². The van der Waals surface area contributed by atoms with Crippen molar-refractivity contribution in [1.29, 1.82) is 0 Å². The molecule has 1 fully saturated rings. The molecule has 18 heavy (non-hydrogen) atoms. The van der Waals surface area contributed by atoms with Crippen LogP contribution in [0.4, 0.5) is 0 Å². The van der Waals surface area contributed by atoms with Crippen LogP contribution in [-0.4, -0.2) is 22.8 Å². The van der Waals surface area contributed by atoms with Crippen molar-refractivity contribution < 1.29 is 14.6 Å². The Labute approximate surface area is 108 Å². The topological polar surface area (TPSA) is 46.5 Å². The Morgan fingerprint density at radius 3 is 2.83 bits per heavy atom. The second kappa shape index (κ2) is 4.73. The van der Waals surface area contributed by atoms with Crippen LogP contribution in [0.2, 0.25) is 0 Å². The molecular formula is C15H20O3. The Hall–Kier alpha value is -1.35. The SMILES string of the molecule is C=C1C(=O)O[C@@H]2C=C(C)CCC=C(C)CC[C@@]12O. The van der Waals surface area contributed by atoms with Crippen molar-refractivity contribution in [1.82, 2.24) is 0 Å². The van der Waals surface area contributed by atoms with Gasteiger partial charge in [-0.1, -0.05) is 23.8 Å². The van der Waals surface area contributed by atoms with E-state index >= 15 is 0 Å². The summed E-state index contributed by atoms with van der Waals surface area (Å²) in [7, 11) is 0. The van der Waals surface area contributed by atoms with Crippen LogP contribution >= 0.6 is 0 Å². The van der Waals surface area contributed by atoms with Gasteiger partial charge < -0.3 is 9.84 Å². The number of carbonyl (C=O) groups excluding carboxylic acids is 1. The fraction of sp³-hybridized carbons (Fsp3) is 0.533. The van der Waals surface area contributed by atoms with Gasteiger partial charge >= 0.3 is 5.97 Å². The lowest BCUT2D eigenvalue weighted by atomic mass is 9.83. The van der Waals surface area contributed by atoms with Gasteiger partial charge in [0.2, 0.25) is 0 Å². The van der Waals surface area contributed by atoms with E-state index in [-0.39, 0.29) is 5.57 Å². The average Bonchev–Trinajstić information content (AvgIpc) is 2.52. The molecular weight excluding hydrogens is 228 g/mol. The molecule has 2 aliphatic rings. The fourth-order valence-corrected chi connectivity index (χ4v) is 2.48. The lowest BCUT2D eigenvalue weighted by Gasteiger charge is -2.27. The highest BCUT2D eigenvalue weighted by Crippen LogP contribution is 2.38. The Morgan fingerprint density at radius 1 is 1.39 bits per heavy atom. The highest BCUT2D eigenvalue weighted by atomic mass is 16.6. The summed E-state index contributed by atoms with van der Waals surface area (Å²) >= 11 is 0. The number of hydrogen-bond donors (Lipinski definition) is 1. The zero-order valence-corrected chi connectivity index (χ0v) is 11.0. The van der Waals surface area contributed by atoms with Gasteiger partial charge in [-0.3, -0.25) is 0 Å². The molecule has 98 valence electrons. The maximum atomic E-state index is 11.6. The van der Waals surface area contributed by atoms with E-state index in [4.69, 9.17) is 4.74 Å². The largest absolute Gasteiger partial charge is 0.451 e. The molecule has 3 nitrogen and oxygen atoms in total. The second-order valence-electron chi connectivity index (χ2n) is 5.33. The maximum absolute atomic E-state index is 11.6. The van der Waals surface area contributed by atoms with Gasteiger partial charge in [-0.15, -0.1) is 0 Å². The summed E-state index contributed by atoms with van der Waals surface area (Å²) in [5.41, 5.74) is 1.31. The minimum absolute atomic E-state index is 0.185.